The summed E-state index contributed by atoms with van der Waals surface area (Å²) in [5, 5.41) is 3.92. The third-order valence-corrected chi connectivity index (χ3v) is 6.68. The van der Waals surface area contributed by atoms with Gasteiger partial charge in [0.05, 0.1) is 12.4 Å². The smallest absolute Gasteiger partial charge is 0.330 e. The molecule has 2 heterocycles. The van der Waals surface area contributed by atoms with Crippen LogP contribution in [0, 0.1) is 5.92 Å². The van der Waals surface area contributed by atoms with Crippen LogP contribution in [0.25, 0.3) is 0 Å². The Morgan fingerprint density at radius 3 is 2.70 bits per heavy atom. The van der Waals surface area contributed by atoms with Gasteiger partial charge in [-0.25, -0.2) is 13.2 Å². The molecule has 3 rings (SSSR count). The molecule has 1 atom stereocenters. The molecule has 7 nitrogen and oxygen atoms in total. The van der Waals surface area contributed by atoms with Crippen LogP contribution in [-0.4, -0.2) is 49.7 Å². The molecule has 0 N–H and O–H groups in total. The molecule has 0 spiro atoms. The van der Waals surface area contributed by atoms with Crippen LogP contribution in [-0.2, 0) is 24.1 Å². The molecule has 0 amide bonds. The Bertz CT molecular complexity index is 659. The third-order valence-electron chi connectivity index (χ3n) is 4.53. The number of hydrogen-bond donors (Lipinski definition) is 0. The highest BCUT2D eigenvalue weighted by Crippen LogP contribution is 2.33. The SMILES string of the molecule is COC(=O)C(CC1CCOCC1)n1ccc(S(=O)(=O)C2CC2)n1. The highest BCUT2D eigenvalue weighted by atomic mass is 32.2. The monoisotopic (exact) mass is 342 g/mol. The van der Waals surface area contributed by atoms with Crippen LogP contribution in [0.4, 0.5) is 0 Å². The topological polar surface area (TPSA) is 87.5 Å². The van der Waals surface area contributed by atoms with E-state index < -0.39 is 21.8 Å². The number of ether oxygens (including phenoxy) is 2. The van der Waals surface area contributed by atoms with Gasteiger partial charge in [-0.05, 0) is 44.1 Å². The third kappa shape index (κ3) is 3.58. The van der Waals surface area contributed by atoms with E-state index in [1.165, 1.54) is 17.9 Å². The predicted molar refractivity (Wildman–Crippen MR) is 81.6 cm³/mol. The molecular formula is C15H22N2O5S. The van der Waals surface area contributed by atoms with Crippen molar-refractivity contribution in [3.63, 3.8) is 0 Å². The highest BCUT2D eigenvalue weighted by Gasteiger charge is 2.39. The Kier molecular flexibility index (Phi) is 4.72. The quantitative estimate of drug-likeness (QED) is 0.725. The summed E-state index contributed by atoms with van der Waals surface area (Å²) >= 11 is 0. The van der Waals surface area contributed by atoms with Gasteiger partial charge in [0.25, 0.3) is 0 Å². The normalized spacial score (nSPS) is 21.1. The van der Waals surface area contributed by atoms with Crippen LogP contribution in [0.3, 0.4) is 0 Å². The molecule has 128 valence electrons. The first-order valence-corrected chi connectivity index (χ1v) is 9.51. The number of hydrogen-bond acceptors (Lipinski definition) is 6. The highest BCUT2D eigenvalue weighted by molar-refractivity contribution is 7.92. The lowest BCUT2D eigenvalue weighted by Crippen LogP contribution is -2.27. The van der Waals surface area contributed by atoms with Gasteiger partial charge in [-0.3, -0.25) is 4.68 Å². The second-order valence-electron chi connectivity index (χ2n) is 6.21. The van der Waals surface area contributed by atoms with Crippen molar-refractivity contribution in [1.82, 2.24) is 9.78 Å². The number of sulfone groups is 1. The number of rotatable bonds is 6. The zero-order chi connectivity index (χ0) is 16.4. The van der Waals surface area contributed by atoms with E-state index in [1.54, 1.807) is 6.20 Å². The van der Waals surface area contributed by atoms with E-state index in [-0.39, 0.29) is 10.3 Å². The molecule has 1 saturated carbocycles. The Morgan fingerprint density at radius 1 is 1.39 bits per heavy atom. The molecule has 1 unspecified atom stereocenters. The van der Waals surface area contributed by atoms with E-state index in [0.29, 0.717) is 38.4 Å². The van der Waals surface area contributed by atoms with Crippen LogP contribution < -0.4 is 0 Å². The maximum absolute atomic E-state index is 12.3. The summed E-state index contributed by atoms with van der Waals surface area (Å²) in [6.45, 7) is 1.39. The molecule has 0 aromatic carbocycles. The minimum Gasteiger partial charge on any atom is -0.467 e. The molecule has 0 bridgehead atoms. The van der Waals surface area contributed by atoms with E-state index in [2.05, 4.69) is 5.10 Å². The van der Waals surface area contributed by atoms with Gasteiger partial charge in [0, 0.05) is 19.4 Å². The molecule has 1 aromatic rings. The van der Waals surface area contributed by atoms with Crippen molar-refractivity contribution in [1.29, 1.82) is 0 Å². The molecule has 0 radical (unpaired) electrons. The van der Waals surface area contributed by atoms with Crippen molar-refractivity contribution in [3.05, 3.63) is 12.3 Å². The van der Waals surface area contributed by atoms with Crippen molar-refractivity contribution in [2.45, 2.75) is 48.4 Å². The van der Waals surface area contributed by atoms with Crippen molar-refractivity contribution >= 4 is 15.8 Å². The standard InChI is InChI=1S/C15H22N2O5S/c1-21-15(18)13(10-11-5-8-22-9-6-11)17-7-4-14(16-17)23(19,20)12-2-3-12/h4,7,11-13H,2-3,5-6,8-10H2,1H3. The number of carbonyl (C=O) groups is 1. The van der Waals surface area contributed by atoms with Gasteiger partial charge in [-0.15, -0.1) is 0 Å². The van der Waals surface area contributed by atoms with Crippen molar-refractivity contribution in [2.75, 3.05) is 20.3 Å². The summed E-state index contributed by atoms with van der Waals surface area (Å²) in [5.41, 5.74) is 0. The van der Waals surface area contributed by atoms with E-state index in [9.17, 15) is 13.2 Å². The first-order valence-electron chi connectivity index (χ1n) is 7.97. The summed E-state index contributed by atoms with van der Waals surface area (Å²) in [5.74, 6) is -0.0458. The first kappa shape index (κ1) is 16.4. The van der Waals surface area contributed by atoms with Crippen LogP contribution >= 0.6 is 0 Å². The van der Waals surface area contributed by atoms with Gasteiger partial charge in [0.15, 0.2) is 14.9 Å². The fraction of sp³-hybridized carbons (Fsp3) is 0.733. The average molecular weight is 342 g/mol. The minimum absolute atomic E-state index is 0.0564. The number of nitrogens with zero attached hydrogens (tertiary/aromatic N) is 2. The van der Waals surface area contributed by atoms with Crippen LogP contribution in [0.2, 0.25) is 0 Å². The van der Waals surface area contributed by atoms with Crippen molar-refractivity contribution < 1.29 is 22.7 Å². The van der Waals surface area contributed by atoms with E-state index in [0.717, 1.165) is 12.8 Å². The van der Waals surface area contributed by atoms with E-state index in [4.69, 9.17) is 9.47 Å². The van der Waals surface area contributed by atoms with E-state index in [1.807, 2.05) is 0 Å². The predicted octanol–water partition coefficient (Wildman–Crippen LogP) is 1.35. The molecule has 23 heavy (non-hydrogen) atoms. The van der Waals surface area contributed by atoms with Gasteiger partial charge in [0.1, 0.15) is 6.04 Å². The number of methoxy groups -OCH3 is 1. The lowest BCUT2D eigenvalue weighted by molar-refractivity contribution is -0.145. The Hall–Kier alpha value is -1.41. The maximum atomic E-state index is 12.3. The zero-order valence-corrected chi connectivity index (χ0v) is 14.0. The second kappa shape index (κ2) is 6.60. The molecule has 1 aromatic heterocycles. The van der Waals surface area contributed by atoms with Gasteiger partial charge in [-0.1, -0.05) is 0 Å². The fourth-order valence-electron chi connectivity index (χ4n) is 2.94. The minimum atomic E-state index is -3.35. The largest absolute Gasteiger partial charge is 0.467 e. The first-order chi connectivity index (χ1) is 11.0. The van der Waals surface area contributed by atoms with Crippen LogP contribution in [0.15, 0.2) is 17.3 Å². The lowest BCUT2D eigenvalue weighted by Gasteiger charge is -2.25. The summed E-state index contributed by atoms with van der Waals surface area (Å²) in [6, 6.07) is 0.888. The van der Waals surface area contributed by atoms with Crippen molar-refractivity contribution in [2.24, 2.45) is 5.92 Å². The van der Waals surface area contributed by atoms with Crippen molar-refractivity contribution in [3.8, 4) is 0 Å². The molecular weight excluding hydrogens is 320 g/mol. The molecule has 1 aliphatic heterocycles. The number of aromatic nitrogens is 2. The summed E-state index contributed by atoms with van der Waals surface area (Å²) < 4.78 is 36.2. The summed E-state index contributed by atoms with van der Waals surface area (Å²) in [6.07, 6.45) is 5.32. The van der Waals surface area contributed by atoms with Crippen LogP contribution in [0.1, 0.15) is 38.1 Å². The fourth-order valence-corrected chi connectivity index (χ4v) is 4.50. The second-order valence-corrected chi connectivity index (χ2v) is 8.38. The molecule has 1 aliphatic carbocycles. The maximum Gasteiger partial charge on any atom is 0.330 e. The van der Waals surface area contributed by atoms with Gasteiger partial charge in [-0.2, -0.15) is 5.10 Å². The average Bonchev–Trinajstić information content (AvgIpc) is 3.31. The zero-order valence-electron chi connectivity index (χ0n) is 13.2. The molecule has 2 fully saturated rings. The summed E-state index contributed by atoms with van der Waals surface area (Å²) in [4.78, 5) is 12.1. The van der Waals surface area contributed by atoms with Gasteiger partial charge in [0.2, 0.25) is 0 Å². The molecule has 8 heteroatoms. The Balaban J connectivity index is 1.79. The van der Waals surface area contributed by atoms with Gasteiger partial charge < -0.3 is 9.47 Å². The molecule has 1 saturated heterocycles. The molecule has 2 aliphatic rings. The number of esters is 1. The number of carbonyl (C=O) groups excluding carboxylic acids is 1. The van der Waals surface area contributed by atoms with Gasteiger partial charge >= 0.3 is 5.97 Å². The van der Waals surface area contributed by atoms with E-state index >= 15 is 0 Å². The Labute approximate surface area is 135 Å². The van der Waals surface area contributed by atoms with Crippen LogP contribution in [0.5, 0.6) is 0 Å². The summed E-state index contributed by atoms with van der Waals surface area (Å²) in [7, 11) is -2.01. The Morgan fingerprint density at radius 2 is 2.09 bits per heavy atom. The lowest BCUT2D eigenvalue weighted by atomic mass is 9.92.